The van der Waals surface area contributed by atoms with Crippen molar-refractivity contribution in [3.63, 3.8) is 0 Å². The summed E-state index contributed by atoms with van der Waals surface area (Å²) in [5.74, 6) is -0.417. The Bertz CT molecular complexity index is 1590. The monoisotopic (exact) mass is 414 g/mol. The number of aromatic nitrogens is 2. The van der Waals surface area contributed by atoms with E-state index >= 15 is 0 Å². The summed E-state index contributed by atoms with van der Waals surface area (Å²) in [6.45, 7) is 3.85. The average molecular weight is 414 g/mol. The zero-order valence-electron chi connectivity index (χ0n) is 17.1. The molecule has 0 unspecified atom stereocenters. The minimum atomic E-state index is -0.546. The van der Waals surface area contributed by atoms with E-state index in [1.807, 2.05) is 26.0 Å². The molecule has 0 radical (unpaired) electrons. The van der Waals surface area contributed by atoms with Crippen molar-refractivity contribution in [2.24, 2.45) is 0 Å². The van der Waals surface area contributed by atoms with Crippen molar-refractivity contribution >= 4 is 22.1 Å². The van der Waals surface area contributed by atoms with Crippen LogP contribution in [0.4, 0.5) is 4.39 Å². The van der Waals surface area contributed by atoms with Crippen LogP contribution in [0.5, 0.6) is 0 Å². The number of fused-ring (bicyclic) bond motifs is 3. The molecule has 0 atom stereocenters. The predicted molar refractivity (Wildman–Crippen MR) is 119 cm³/mol. The molecule has 6 heteroatoms. The molecule has 154 valence electrons. The number of hydrogen-bond acceptors (Lipinski definition) is 3. The number of furan rings is 1. The van der Waals surface area contributed by atoms with Crippen LogP contribution in [0.3, 0.4) is 0 Å². The van der Waals surface area contributed by atoms with Crippen molar-refractivity contribution in [1.29, 1.82) is 0 Å². The number of halogens is 1. The highest BCUT2D eigenvalue weighted by Crippen LogP contribution is 2.26. The normalized spacial score (nSPS) is 11.5. The Balaban J connectivity index is 1.91. The molecule has 5 rings (SSSR count). The number of hydrogen-bond donors (Lipinski definition) is 0. The molecule has 5 aromatic rings. The Labute approximate surface area is 176 Å². The van der Waals surface area contributed by atoms with Gasteiger partial charge < -0.3 is 4.42 Å². The van der Waals surface area contributed by atoms with Gasteiger partial charge in [0.2, 0.25) is 5.58 Å². The van der Waals surface area contributed by atoms with Gasteiger partial charge in [-0.1, -0.05) is 36.4 Å². The Morgan fingerprint density at radius 1 is 0.903 bits per heavy atom. The molecule has 3 aromatic carbocycles. The van der Waals surface area contributed by atoms with Crippen LogP contribution in [0, 0.1) is 19.7 Å². The van der Waals surface area contributed by atoms with Crippen molar-refractivity contribution < 1.29 is 8.81 Å². The number of para-hydroxylation sites is 1. The van der Waals surface area contributed by atoms with Crippen molar-refractivity contribution in [3.8, 4) is 5.69 Å². The SMILES string of the molecule is Cc1ccc(-n2c(=O)c3oc4ccccc4c3n(Cc3ccccc3F)c2=O)cc1C. The van der Waals surface area contributed by atoms with E-state index in [-0.39, 0.29) is 12.1 Å². The van der Waals surface area contributed by atoms with Gasteiger partial charge in [0.1, 0.15) is 16.9 Å². The van der Waals surface area contributed by atoms with Crippen molar-refractivity contribution in [2.75, 3.05) is 0 Å². The average Bonchev–Trinajstić information content (AvgIpc) is 3.15. The van der Waals surface area contributed by atoms with E-state index in [1.165, 1.54) is 10.6 Å². The van der Waals surface area contributed by atoms with Gasteiger partial charge in [-0.15, -0.1) is 0 Å². The first-order chi connectivity index (χ1) is 15.0. The predicted octanol–water partition coefficient (Wildman–Crippen LogP) is 4.70. The molecule has 0 fully saturated rings. The van der Waals surface area contributed by atoms with E-state index in [9.17, 15) is 14.0 Å². The van der Waals surface area contributed by atoms with Gasteiger partial charge in [0.15, 0.2) is 0 Å². The van der Waals surface area contributed by atoms with Gasteiger partial charge in [-0.3, -0.25) is 9.36 Å². The van der Waals surface area contributed by atoms with Crippen LogP contribution in [0.15, 0.2) is 80.7 Å². The first kappa shape index (κ1) is 19.1. The highest BCUT2D eigenvalue weighted by atomic mass is 19.1. The summed E-state index contributed by atoms with van der Waals surface area (Å²) >= 11 is 0. The van der Waals surface area contributed by atoms with E-state index < -0.39 is 17.1 Å². The van der Waals surface area contributed by atoms with Crippen LogP contribution in [0.1, 0.15) is 16.7 Å². The second-order valence-electron chi connectivity index (χ2n) is 7.65. The van der Waals surface area contributed by atoms with E-state index in [2.05, 4.69) is 0 Å². The zero-order chi connectivity index (χ0) is 21.7. The van der Waals surface area contributed by atoms with Crippen LogP contribution < -0.4 is 11.2 Å². The summed E-state index contributed by atoms with van der Waals surface area (Å²) in [6, 6.07) is 18.8. The molecule has 0 N–H and O–H groups in total. The lowest BCUT2D eigenvalue weighted by molar-refractivity contribution is 0.591. The van der Waals surface area contributed by atoms with Crippen molar-refractivity contribution in [3.05, 3.63) is 110 Å². The van der Waals surface area contributed by atoms with Crippen LogP contribution in [0.25, 0.3) is 27.8 Å². The fourth-order valence-corrected chi connectivity index (χ4v) is 3.89. The number of aryl methyl sites for hydroxylation is 2. The lowest BCUT2D eigenvalue weighted by Gasteiger charge is -2.13. The van der Waals surface area contributed by atoms with Gasteiger partial charge in [0.25, 0.3) is 0 Å². The highest BCUT2D eigenvalue weighted by Gasteiger charge is 2.21. The molecule has 0 spiro atoms. The van der Waals surface area contributed by atoms with Crippen molar-refractivity contribution in [2.45, 2.75) is 20.4 Å². The number of rotatable bonds is 3. The smallest absolute Gasteiger partial charge is 0.336 e. The Morgan fingerprint density at radius 2 is 1.65 bits per heavy atom. The molecule has 0 saturated heterocycles. The van der Waals surface area contributed by atoms with Crippen LogP contribution >= 0.6 is 0 Å². The lowest BCUT2D eigenvalue weighted by atomic mass is 10.1. The van der Waals surface area contributed by atoms with Gasteiger partial charge in [-0.2, -0.15) is 0 Å². The van der Waals surface area contributed by atoms with Gasteiger partial charge in [-0.25, -0.2) is 13.8 Å². The summed E-state index contributed by atoms with van der Waals surface area (Å²) in [5, 5.41) is 0.635. The van der Waals surface area contributed by atoms with Gasteiger partial charge >= 0.3 is 11.2 Å². The first-order valence-corrected chi connectivity index (χ1v) is 9.94. The standard InChI is InChI=1S/C25H19FN2O3/c1-15-11-12-18(13-16(15)2)28-24(29)23-22(19-8-4-6-10-21(19)31-23)27(25(28)30)14-17-7-3-5-9-20(17)26/h3-13H,14H2,1-2H3. The van der Waals surface area contributed by atoms with Gasteiger partial charge in [0.05, 0.1) is 12.2 Å². The third-order valence-corrected chi connectivity index (χ3v) is 5.69. The summed E-state index contributed by atoms with van der Waals surface area (Å²) < 4.78 is 22.8. The van der Waals surface area contributed by atoms with Gasteiger partial charge in [-0.05, 0) is 55.3 Å². The van der Waals surface area contributed by atoms with E-state index in [4.69, 9.17) is 4.42 Å². The minimum Gasteiger partial charge on any atom is -0.449 e. The van der Waals surface area contributed by atoms with E-state index in [0.717, 1.165) is 15.7 Å². The number of nitrogens with zero attached hydrogens (tertiary/aromatic N) is 2. The largest absolute Gasteiger partial charge is 0.449 e. The molecular formula is C25H19FN2O3. The third-order valence-electron chi connectivity index (χ3n) is 5.69. The summed E-state index contributed by atoms with van der Waals surface area (Å²) in [7, 11) is 0. The zero-order valence-corrected chi connectivity index (χ0v) is 17.1. The summed E-state index contributed by atoms with van der Waals surface area (Å²) in [5.41, 5.74) is 2.64. The molecule has 0 bridgehead atoms. The number of benzene rings is 3. The second kappa shape index (κ2) is 7.09. The molecule has 0 amide bonds. The first-order valence-electron chi connectivity index (χ1n) is 9.94. The second-order valence-corrected chi connectivity index (χ2v) is 7.65. The van der Waals surface area contributed by atoms with Crippen LogP contribution in [0.2, 0.25) is 0 Å². The maximum absolute atomic E-state index is 14.4. The van der Waals surface area contributed by atoms with Crippen LogP contribution in [-0.4, -0.2) is 9.13 Å². The third kappa shape index (κ3) is 2.99. The molecule has 0 aliphatic carbocycles. The summed E-state index contributed by atoms with van der Waals surface area (Å²) in [4.78, 5) is 27.0. The highest BCUT2D eigenvalue weighted by molar-refractivity contribution is 6.02. The Hall–Kier alpha value is -3.93. The molecule has 5 nitrogen and oxygen atoms in total. The van der Waals surface area contributed by atoms with Crippen molar-refractivity contribution in [1.82, 2.24) is 9.13 Å². The molecule has 0 saturated carbocycles. The quantitative estimate of drug-likeness (QED) is 0.430. The van der Waals surface area contributed by atoms with E-state index in [1.54, 1.807) is 48.5 Å². The van der Waals surface area contributed by atoms with Gasteiger partial charge in [0, 0.05) is 10.9 Å². The Kier molecular flexibility index (Phi) is 4.36. The Morgan fingerprint density at radius 3 is 2.42 bits per heavy atom. The summed E-state index contributed by atoms with van der Waals surface area (Å²) in [6.07, 6.45) is 0. The fourth-order valence-electron chi connectivity index (χ4n) is 3.89. The maximum Gasteiger partial charge on any atom is 0.336 e. The molecule has 2 aromatic heterocycles. The maximum atomic E-state index is 14.4. The fraction of sp³-hybridized carbons (Fsp3) is 0.120. The topological polar surface area (TPSA) is 57.1 Å². The molecule has 2 heterocycles. The minimum absolute atomic E-state index is 0.0311. The molecular weight excluding hydrogens is 395 g/mol. The van der Waals surface area contributed by atoms with E-state index in [0.29, 0.717) is 27.7 Å². The molecule has 31 heavy (non-hydrogen) atoms. The molecule has 0 aliphatic heterocycles. The molecule has 0 aliphatic rings. The lowest BCUT2D eigenvalue weighted by Crippen LogP contribution is -2.39. The van der Waals surface area contributed by atoms with Crippen LogP contribution in [-0.2, 0) is 6.54 Å².